The molecule has 0 aliphatic heterocycles. The fourth-order valence-corrected chi connectivity index (χ4v) is 4.22. The Morgan fingerprint density at radius 1 is 1.28 bits per heavy atom. The summed E-state index contributed by atoms with van der Waals surface area (Å²) in [6.45, 7) is 0. The number of hydrogen-bond acceptors (Lipinski definition) is 8. The highest BCUT2D eigenvalue weighted by atomic mass is 32.1. The molecule has 0 unspecified atom stereocenters. The number of aromatic nitrogens is 4. The molecule has 8 nitrogen and oxygen atoms in total. The predicted molar refractivity (Wildman–Crippen MR) is 98.1 cm³/mol. The third kappa shape index (κ3) is 3.16. The van der Waals surface area contributed by atoms with Crippen molar-refractivity contribution in [2.75, 3.05) is 17.7 Å². The Labute approximate surface area is 149 Å². The second-order valence-corrected chi connectivity index (χ2v) is 6.97. The van der Waals surface area contributed by atoms with Gasteiger partial charge in [0.05, 0.1) is 22.4 Å². The minimum Gasteiger partial charge on any atom is -0.495 e. The second-order valence-electron chi connectivity index (χ2n) is 4.91. The van der Waals surface area contributed by atoms with Crippen molar-refractivity contribution in [3.8, 4) is 5.75 Å². The number of carbonyl (C=O) groups is 1. The van der Waals surface area contributed by atoms with Crippen LogP contribution in [0.3, 0.4) is 0 Å². The lowest BCUT2D eigenvalue weighted by Crippen LogP contribution is -2.11. The summed E-state index contributed by atoms with van der Waals surface area (Å²) in [6.07, 6.45) is 1.33. The molecule has 126 valence electrons. The van der Waals surface area contributed by atoms with Gasteiger partial charge in [-0.2, -0.15) is 10.1 Å². The van der Waals surface area contributed by atoms with Crippen LogP contribution in [0.5, 0.6) is 5.75 Å². The van der Waals surface area contributed by atoms with Crippen molar-refractivity contribution in [1.82, 2.24) is 20.2 Å². The molecule has 25 heavy (non-hydrogen) atoms. The van der Waals surface area contributed by atoms with Gasteiger partial charge < -0.3 is 10.1 Å². The fourth-order valence-electron chi connectivity index (χ4n) is 2.20. The smallest absolute Gasteiger partial charge is 0.268 e. The van der Waals surface area contributed by atoms with E-state index in [1.807, 2.05) is 30.3 Å². The van der Waals surface area contributed by atoms with Crippen LogP contribution >= 0.6 is 22.7 Å². The quantitative estimate of drug-likeness (QED) is 0.495. The van der Waals surface area contributed by atoms with Gasteiger partial charge in [-0.05, 0) is 18.2 Å². The molecule has 0 atom stereocenters. The summed E-state index contributed by atoms with van der Waals surface area (Å²) in [5.41, 5.74) is 0.842. The zero-order valence-corrected chi connectivity index (χ0v) is 14.6. The van der Waals surface area contributed by atoms with Crippen LogP contribution in [-0.4, -0.2) is 33.2 Å². The number of methoxy groups -OCH3 is 1. The molecule has 0 saturated carbocycles. The first-order chi connectivity index (χ1) is 12.2. The third-order valence-corrected chi connectivity index (χ3v) is 5.38. The van der Waals surface area contributed by atoms with Crippen molar-refractivity contribution in [3.63, 3.8) is 0 Å². The van der Waals surface area contributed by atoms with Crippen molar-refractivity contribution < 1.29 is 9.53 Å². The Bertz CT molecular complexity index is 992. The van der Waals surface area contributed by atoms with Crippen molar-refractivity contribution in [1.29, 1.82) is 0 Å². The molecule has 10 heteroatoms. The number of thiophene rings is 1. The number of aromatic amines is 1. The minimum absolute atomic E-state index is 0.244. The normalized spacial score (nSPS) is 10.8. The van der Waals surface area contributed by atoms with Gasteiger partial charge in [-0.1, -0.05) is 23.5 Å². The number of amides is 1. The van der Waals surface area contributed by atoms with Gasteiger partial charge in [0.1, 0.15) is 16.9 Å². The Hall–Kier alpha value is -2.98. The molecule has 0 fully saturated rings. The van der Waals surface area contributed by atoms with Gasteiger partial charge in [0.25, 0.3) is 5.91 Å². The highest BCUT2D eigenvalue weighted by Crippen LogP contribution is 2.36. The highest BCUT2D eigenvalue weighted by Gasteiger charge is 2.15. The molecule has 0 bridgehead atoms. The standard InChI is InChI=1S/C15H12N6O2S2/c1-23-9-5-3-2-4-8(9)18-15-20-13-11(25-15)6-10(24-13)12(22)19-14-16-7-17-21-14/h2-7H,1H3,(H,18,20)(H2,16,17,19,21,22). The molecule has 0 aliphatic carbocycles. The minimum atomic E-state index is -0.244. The van der Waals surface area contributed by atoms with E-state index in [2.05, 4.69) is 30.8 Å². The van der Waals surface area contributed by atoms with Crippen LogP contribution in [0.1, 0.15) is 9.67 Å². The molecular weight excluding hydrogens is 360 g/mol. The molecule has 0 aliphatic rings. The summed E-state index contributed by atoms with van der Waals surface area (Å²) >= 11 is 2.80. The Morgan fingerprint density at radius 2 is 2.16 bits per heavy atom. The highest BCUT2D eigenvalue weighted by molar-refractivity contribution is 7.29. The summed E-state index contributed by atoms with van der Waals surface area (Å²) in [4.78, 5) is 22.0. The van der Waals surface area contributed by atoms with Gasteiger partial charge in [0.2, 0.25) is 5.95 Å². The van der Waals surface area contributed by atoms with Gasteiger partial charge >= 0.3 is 0 Å². The summed E-state index contributed by atoms with van der Waals surface area (Å²) in [7, 11) is 1.63. The van der Waals surface area contributed by atoms with Crippen molar-refractivity contribution in [3.05, 3.63) is 41.5 Å². The van der Waals surface area contributed by atoms with E-state index in [0.717, 1.165) is 26.1 Å². The maximum atomic E-state index is 12.2. The Morgan fingerprint density at radius 3 is 2.92 bits per heavy atom. The van der Waals surface area contributed by atoms with Crippen molar-refractivity contribution in [2.45, 2.75) is 0 Å². The summed E-state index contributed by atoms with van der Waals surface area (Å²) in [6, 6.07) is 9.45. The van der Waals surface area contributed by atoms with Crippen LogP contribution in [0.15, 0.2) is 36.7 Å². The average molecular weight is 372 g/mol. The SMILES string of the molecule is COc1ccccc1Nc1nc2sc(C(=O)Nc3ncn[nH]3)cc2s1. The number of nitrogens with one attached hydrogen (secondary N) is 3. The molecule has 3 heterocycles. The van der Waals surface area contributed by atoms with Crippen LogP contribution in [-0.2, 0) is 0 Å². The van der Waals surface area contributed by atoms with Gasteiger partial charge in [0, 0.05) is 0 Å². The lowest BCUT2D eigenvalue weighted by atomic mass is 10.3. The molecule has 3 N–H and O–H groups in total. The molecule has 0 spiro atoms. The third-order valence-electron chi connectivity index (χ3n) is 3.31. The Kier molecular flexibility index (Phi) is 4.04. The van der Waals surface area contributed by atoms with E-state index >= 15 is 0 Å². The number of carbonyl (C=O) groups excluding carboxylic acids is 1. The fraction of sp³-hybridized carbons (Fsp3) is 0.0667. The van der Waals surface area contributed by atoms with Crippen LogP contribution in [0, 0.1) is 0 Å². The number of fused-ring (bicyclic) bond motifs is 1. The lowest BCUT2D eigenvalue weighted by molar-refractivity contribution is 0.103. The van der Waals surface area contributed by atoms with E-state index in [9.17, 15) is 4.79 Å². The number of thiazole rings is 1. The zero-order chi connectivity index (χ0) is 17.2. The summed E-state index contributed by atoms with van der Waals surface area (Å²) in [5, 5.41) is 12.9. The van der Waals surface area contributed by atoms with E-state index in [1.54, 1.807) is 7.11 Å². The molecule has 3 aromatic heterocycles. The number of anilines is 3. The van der Waals surface area contributed by atoms with E-state index in [4.69, 9.17) is 4.74 Å². The monoisotopic (exact) mass is 372 g/mol. The van der Waals surface area contributed by atoms with Gasteiger partial charge in [-0.25, -0.2) is 10.1 Å². The zero-order valence-electron chi connectivity index (χ0n) is 12.9. The first kappa shape index (κ1) is 15.5. The maximum absolute atomic E-state index is 12.2. The number of hydrogen-bond donors (Lipinski definition) is 3. The summed E-state index contributed by atoms with van der Waals surface area (Å²) < 4.78 is 6.26. The van der Waals surface area contributed by atoms with Crippen molar-refractivity contribution >= 4 is 54.9 Å². The van der Waals surface area contributed by atoms with E-state index in [0.29, 0.717) is 10.8 Å². The van der Waals surface area contributed by atoms with Gasteiger partial charge in [-0.15, -0.1) is 11.3 Å². The molecule has 0 radical (unpaired) electrons. The van der Waals surface area contributed by atoms with Crippen molar-refractivity contribution in [2.24, 2.45) is 0 Å². The largest absolute Gasteiger partial charge is 0.495 e. The number of nitrogens with zero attached hydrogens (tertiary/aromatic N) is 3. The maximum Gasteiger partial charge on any atom is 0.268 e. The van der Waals surface area contributed by atoms with Gasteiger partial charge in [0.15, 0.2) is 5.13 Å². The van der Waals surface area contributed by atoms with E-state index in [-0.39, 0.29) is 5.91 Å². The van der Waals surface area contributed by atoms with Crippen LogP contribution in [0.2, 0.25) is 0 Å². The first-order valence-corrected chi connectivity index (χ1v) is 8.83. The topological polar surface area (TPSA) is 105 Å². The average Bonchev–Trinajstić information content (AvgIpc) is 3.31. The Balaban J connectivity index is 1.54. The summed E-state index contributed by atoms with van der Waals surface area (Å²) in [5.74, 6) is 0.813. The number of rotatable bonds is 5. The molecular formula is C15H12N6O2S2. The lowest BCUT2D eigenvalue weighted by Gasteiger charge is -2.07. The molecule has 0 saturated heterocycles. The number of ether oxygens (including phenoxy) is 1. The number of H-pyrrole nitrogens is 1. The molecule has 1 amide bonds. The molecule has 4 rings (SSSR count). The second kappa shape index (κ2) is 6.49. The molecule has 4 aromatic rings. The number of benzene rings is 1. The first-order valence-electron chi connectivity index (χ1n) is 7.20. The van der Waals surface area contributed by atoms with E-state index in [1.165, 1.54) is 29.0 Å². The molecule has 1 aromatic carbocycles. The predicted octanol–water partition coefficient (Wildman–Crippen LogP) is 3.48. The number of para-hydroxylation sites is 2. The van der Waals surface area contributed by atoms with E-state index < -0.39 is 0 Å². The van der Waals surface area contributed by atoms with Crippen LogP contribution in [0.4, 0.5) is 16.8 Å². The van der Waals surface area contributed by atoms with Crippen LogP contribution in [0.25, 0.3) is 9.53 Å². The van der Waals surface area contributed by atoms with Gasteiger partial charge in [-0.3, -0.25) is 10.1 Å². The van der Waals surface area contributed by atoms with Crippen LogP contribution < -0.4 is 15.4 Å².